The fourth-order valence-electron chi connectivity index (χ4n) is 4.54. The minimum absolute atomic E-state index is 0.0836. The first-order valence-corrected chi connectivity index (χ1v) is 10.5. The standard InChI is InChI=1S/C24H28F5NO2/c1-12(2)20-19(13(3)18-16(30-20)10-22(4,5)11-17(18)31)21(32)14-6-8-15(9-7-14)23(25,26)24(27,28)29/h6-9,12,17,21,31-32H,10-11H2,1-5H3. The average Bonchev–Trinajstić information content (AvgIpc) is 2.64. The Balaban J connectivity index is 2.09. The van der Waals surface area contributed by atoms with Gasteiger partial charge in [-0.25, -0.2) is 0 Å². The van der Waals surface area contributed by atoms with Crippen molar-refractivity contribution in [2.24, 2.45) is 5.41 Å². The molecule has 1 aliphatic rings. The van der Waals surface area contributed by atoms with Gasteiger partial charge in [-0.05, 0) is 42.2 Å². The van der Waals surface area contributed by atoms with Crippen molar-refractivity contribution in [2.75, 3.05) is 0 Å². The van der Waals surface area contributed by atoms with Gasteiger partial charge in [-0.1, -0.05) is 52.0 Å². The molecule has 1 heterocycles. The summed E-state index contributed by atoms with van der Waals surface area (Å²) in [6.45, 7) is 9.68. The Kier molecular flexibility index (Phi) is 6.19. The number of pyridine rings is 1. The molecule has 0 saturated carbocycles. The Morgan fingerprint density at radius 3 is 2.12 bits per heavy atom. The molecule has 0 aliphatic heterocycles. The van der Waals surface area contributed by atoms with Crippen molar-refractivity contribution < 1.29 is 32.2 Å². The van der Waals surface area contributed by atoms with Crippen LogP contribution in [0.25, 0.3) is 0 Å². The lowest BCUT2D eigenvalue weighted by Crippen LogP contribution is -2.33. The Hall–Kier alpha value is -2.06. The second kappa shape index (κ2) is 8.06. The van der Waals surface area contributed by atoms with Crippen molar-refractivity contribution in [3.8, 4) is 0 Å². The maximum Gasteiger partial charge on any atom is 0.458 e. The second-order valence-corrected chi connectivity index (χ2v) is 9.71. The van der Waals surface area contributed by atoms with Gasteiger partial charge >= 0.3 is 12.1 Å². The summed E-state index contributed by atoms with van der Waals surface area (Å²) in [6.07, 6.45) is -6.57. The molecule has 32 heavy (non-hydrogen) atoms. The van der Waals surface area contributed by atoms with Gasteiger partial charge in [-0.15, -0.1) is 0 Å². The molecular weight excluding hydrogens is 429 g/mol. The van der Waals surface area contributed by atoms with E-state index in [2.05, 4.69) is 0 Å². The fraction of sp³-hybridized carbons (Fsp3) is 0.542. The van der Waals surface area contributed by atoms with Gasteiger partial charge in [0.2, 0.25) is 0 Å². The van der Waals surface area contributed by atoms with Crippen molar-refractivity contribution in [1.82, 2.24) is 4.98 Å². The van der Waals surface area contributed by atoms with Crippen molar-refractivity contribution in [3.05, 3.63) is 63.5 Å². The van der Waals surface area contributed by atoms with E-state index in [1.165, 1.54) is 0 Å². The second-order valence-electron chi connectivity index (χ2n) is 9.71. The molecule has 8 heteroatoms. The first-order chi connectivity index (χ1) is 14.6. The maximum atomic E-state index is 13.6. The highest BCUT2D eigenvalue weighted by molar-refractivity contribution is 5.48. The molecule has 0 saturated heterocycles. The van der Waals surface area contributed by atoms with E-state index < -0.39 is 29.9 Å². The zero-order valence-corrected chi connectivity index (χ0v) is 18.7. The van der Waals surface area contributed by atoms with Crippen molar-refractivity contribution in [3.63, 3.8) is 0 Å². The van der Waals surface area contributed by atoms with Crippen LogP contribution in [0.1, 0.15) is 91.4 Å². The summed E-state index contributed by atoms with van der Waals surface area (Å²) in [5.74, 6) is -5.07. The molecule has 1 aromatic heterocycles. The minimum atomic E-state index is -5.71. The SMILES string of the molecule is Cc1c2c(nc(C(C)C)c1C(O)c1ccc(C(F)(F)C(F)(F)F)cc1)CC(C)(C)CC2O. The topological polar surface area (TPSA) is 53.4 Å². The van der Waals surface area contributed by atoms with E-state index in [0.29, 0.717) is 47.4 Å². The summed E-state index contributed by atoms with van der Waals surface area (Å²) < 4.78 is 65.2. The number of alkyl halides is 5. The van der Waals surface area contributed by atoms with E-state index in [1.54, 1.807) is 6.92 Å². The van der Waals surface area contributed by atoms with Crippen LogP contribution in [0.15, 0.2) is 24.3 Å². The molecule has 176 valence electrons. The largest absolute Gasteiger partial charge is 0.458 e. The predicted octanol–water partition coefficient (Wildman–Crippen LogP) is 6.26. The van der Waals surface area contributed by atoms with Crippen LogP contribution in [0.5, 0.6) is 0 Å². The van der Waals surface area contributed by atoms with Crippen LogP contribution in [-0.4, -0.2) is 21.4 Å². The van der Waals surface area contributed by atoms with E-state index in [0.717, 1.165) is 17.8 Å². The van der Waals surface area contributed by atoms with Crippen LogP contribution in [-0.2, 0) is 12.3 Å². The molecule has 1 aliphatic carbocycles. The monoisotopic (exact) mass is 457 g/mol. The number of halogens is 5. The molecule has 0 bridgehead atoms. The number of rotatable bonds is 4. The molecule has 0 radical (unpaired) electrons. The van der Waals surface area contributed by atoms with Crippen LogP contribution >= 0.6 is 0 Å². The minimum Gasteiger partial charge on any atom is -0.388 e. The van der Waals surface area contributed by atoms with Crippen LogP contribution in [0, 0.1) is 12.3 Å². The smallest absolute Gasteiger partial charge is 0.388 e. The molecule has 2 aromatic rings. The van der Waals surface area contributed by atoms with E-state index in [9.17, 15) is 32.2 Å². The summed E-state index contributed by atoms with van der Waals surface area (Å²) in [5.41, 5.74) is 2.00. The number of hydrogen-bond donors (Lipinski definition) is 2. The number of aliphatic hydroxyl groups excluding tert-OH is 2. The average molecular weight is 457 g/mol. The van der Waals surface area contributed by atoms with Crippen LogP contribution in [0.3, 0.4) is 0 Å². The third kappa shape index (κ3) is 4.27. The summed E-state index contributed by atoms with van der Waals surface area (Å²) in [5, 5.41) is 21.9. The Morgan fingerprint density at radius 1 is 1.06 bits per heavy atom. The number of benzene rings is 1. The molecule has 3 rings (SSSR count). The van der Waals surface area contributed by atoms with Crippen LogP contribution < -0.4 is 0 Å². The van der Waals surface area contributed by atoms with E-state index >= 15 is 0 Å². The molecule has 3 nitrogen and oxygen atoms in total. The van der Waals surface area contributed by atoms with Gasteiger partial charge in [0.25, 0.3) is 0 Å². The molecule has 0 fully saturated rings. The van der Waals surface area contributed by atoms with Gasteiger partial charge < -0.3 is 10.2 Å². The van der Waals surface area contributed by atoms with Crippen molar-refractivity contribution in [2.45, 2.75) is 77.7 Å². The van der Waals surface area contributed by atoms with E-state index in [1.807, 2.05) is 27.7 Å². The van der Waals surface area contributed by atoms with Gasteiger partial charge in [0.1, 0.15) is 6.10 Å². The lowest BCUT2D eigenvalue weighted by atomic mass is 9.72. The lowest BCUT2D eigenvalue weighted by Gasteiger charge is -2.36. The number of aromatic nitrogens is 1. The normalized spacial score (nSPS) is 19.7. The van der Waals surface area contributed by atoms with Gasteiger partial charge in [0.05, 0.1) is 6.10 Å². The highest BCUT2D eigenvalue weighted by Crippen LogP contribution is 2.46. The number of nitrogens with zero attached hydrogens (tertiary/aromatic N) is 1. The van der Waals surface area contributed by atoms with Crippen molar-refractivity contribution >= 4 is 0 Å². The Morgan fingerprint density at radius 2 is 1.62 bits per heavy atom. The predicted molar refractivity (Wildman–Crippen MR) is 111 cm³/mol. The van der Waals surface area contributed by atoms with E-state index in [4.69, 9.17) is 4.98 Å². The van der Waals surface area contributed by atoms with Gasteiger partial charge in [0.15, 0.2) is 0 Å². The third-order valence-corrected chi connectivity index (χ3v) is 6.14. The zero-order valence-electron chi connectivity index (χ0n) is 18.7. The third-order valence-electron chi connectivity index (χ3n) is 6.14. The number of fused-ring (bicyclic) bond motifs is 1. The van der Waals surface area contributed by atoms with Crippen molar-refractivity contribution in [1.29, 1.82) is 0 Å². The van der Waals surface area contributed by atoms with Gasteiger partial charge in [0, 0.05) is 28.1 Å². The van der Waals surface area contributed by atoms with E-state index in [-0.39, 0.29) is 16.9 Å². The first kappa shape index (κ1) is 24.6. The summed E-state index contributed by atoms with van der Waals surface area (Å²) in [7, 11) is 0. The summed E-state index contributed by atoms with van der Waals surface area (Å²) >= 11 is 0. The molecular formula is C24H28F5NO2. The molecule has 1 aromatic carbocycles. The maximum absolute atomic E-state index is 13.6. The van der Waals surface area contributed by atoms with Gasteiger partial charge in [-0.3, -0.25) is 4.98 Å². The Bertz CT molecular complexity index is 997. The lowest BCUT2D eigenvalue weighted by molar-refractivity contribution is -0.289. The quantitative estimate of drug-likeness (QED) is 0.533. The number of aliphatic hydroxyl groups is 2. The summed E-state index contributed by atoms with van der Waals surface area (Å²) in [4.78, 5) is 4.77. The number of hydrogen-bond acceptors (Lipinski definition) is 3. The molecule has 2 atom stereocenters. The highest BCUT2D eigenvalue weighted by atomic mass is 19.4. The fourth-order valence-corrected chi connectivity index (χ4v) is 4.54. The molecule has 2 N–H and O–H groups in total. The summed E-state index contributed by atoms with van der Waals surface area (Å²) in [6, 6.07) is 3.50. The van der Waals surface area contributed by atoms with Crippen LogP contribution in [0.4, 0.5) is 22.0 Å². The Labute approximate surface area is 184 Å². The molecule has 0 spiro atoms. The molecule has 0 amide bonds. The van der Waals surface area contributed by atoms with Crippen LogP contribution in [0.2, 0.25) is 0 Å². The molecule has 2 unspecified atom stereocenters. The first-order valence-electron chi connectivity index (χ1n) is 10.5. The van der Waals surface area contributed by atoms with Gasteiger partial charge in [-0.2, -0.15) is 22.0 Å². The zero-order chi connectivity index (χ0) is 24.2. The highest BCUT2D eigenvalue weighted by Gasteiger charge is 2.58.